The van der Waals surface area contributed by atoms with Crippen LogP contribution in [0.1, 0.15) is 82.8 Å². The van der Waals surface area contributed by atoms with Crippen molar-refractivity contribution in [1.82, 2.24) is 15.5 Å². The fourth-order valence-corrected chi connectivity index (χ4v) is 3.84. The molecular weight excluding hydrogens is 262 g/mol. The maximum atomic E-state index is 5.69. The van der Waals surface area contributed by atoms with E-state index in [1.807, 2.05) is 0 Å². The van der Waals surface area contributed by atoms with Crippen molar-refractivity contribution < 1.29 is 4.52 Å². The summed E-state index contributed by atoms with van der Waals surface area (Å²) in [5.41, 5.74) is -0.0244. The Hall–Kier alpha value is -0.900. The number of hydrogen-bond donors (Lipinski definition) is 1. The van der Waals surface area contributed by atoms with E-state index in [0.717, 1.165) is 24.8 Å². The zero-order chi connectivity index (χ0) is 14.7. The number of piperidine rings is 1. The molecule has 0 radical (unpaired) electrons. The Kier molecular flexibility index (Phi) is 4.63. The van der Waals surface area contributed by atoms with E-state index in [-0.39, 0.29) is 5.41 Å². The number of aromatic nitrogens is 2. The molecule has 1 aliphatic heterocycles. The molecule has 1 atom stereocenters. The maximum Gasteiger partial charge on any atom is 0.232 e. The van der Waals surface area contributed by atoms with Crippen LogP contribution in [0, 0.1) is 5.92 Å². The average molecular weight is 291 g/mol. The normalized spacial score (nSPS) is 25.7. The summed E-state index contributed by atoms with van der Waals surface area (Å²) in [4.78, 5) is 4.82. The second-order valence-electron chi connectivity index (χ2n) is 7.41. The predicted molar refractivity (Wildman–Crippen MR) is 83.4 cm³/mol. The summed E-state index contributed by atoms with van der Waals surface area (Å²) in [5.74, 6) is 2.91. The zero-order valence-corrected chi connectivity index (χ0v) is 13.5. The van der Waals surface area contributed by atoms with Gasteiger partial charge in [0.2, 0.25) is 5.89 Å². The third kappa shape index (κ3) is 3.31. The van der Waals surface area contributed by atoms with Crippen molar-refractivity contribution in [3.05, 3.63) is 11.7 Å². The first kappa shape index (κ1) is 15.0. The topological polar surface area (TPSA) is 51.0 Å². The highest BCUT2D eigenvalue weighted by molar-refractivity contribution is 5.07. The molecule has 1 unspecified atom stereocenters. The van der Waals surface area contributed by atoms with E-state index in [1.54, 1.807) is 0 Å². The van der Waals surface area contributed by atoms with Crippen LogP contribution in [0.2, 0.25) is 0 Å². The van der Waals surface area contributed by atoms with Crippen molar-refractivity contribution >= 4 is 0 Å². The maximum absolute atomic E-state index is 5.69. The lowest BCUT2D eigenvalue weighted by atomic mass is 9.75. The van der Waals surface area contributed by atoms with E-state index in [0.29, 0.717) is 11.8 Å². The zero-order valence-electron chi connectivity index (χ0n) is 13.5. The Bertz CT molecular complexity index is 441. The van der Waals surface area contributed by atoms with E-state index in [1.165, 1.54) is 51.4 Å². The molecule has 2 aliphatic rings. The van der Waals surface area contributed by atoms with Crippen LogP contribution in [-0.4, -0.2) is 23.2 Å². The van der Waals surface area contributed by atoms with Crippen LogP contribution in [0.4, 0.5) is 0 Å². The molecule has 4 heteroatoms. The smallest absolute Gasteiger partial charge is 0.232 e. The summed E-state index contributed by atoms with van der Waals surface area (Å²) < 4.78 is 5.69. The van der Waals surface area contributed by atoms with E-state index in [9.17, 15) is 0 Å². The van der Waals surface area contributed by atoms with E-state index in [2.05, 4.69) is 24.3 Å². The van der Waals surface area contributed by atoms with Crippen LogP contribution in [0.25, 0.3) is 0 Å². The number of rotatable bonds is 3. The van der Waals surface area contributed by atoms with Crippen LogP contribution in [-0.2, 0) is 5.41 Å². The highest BCUT2D eigenvalue weighted by Crippen LogP contribution is 2.36. The van der Waals surface area contributed by atoms with Gasteiger partial charge in [-0.1, -0.05) is 44.7 Å². The molecule has 1 saturated heterocycles. The standard InChI is InChI=1S/C17H29N3O/c1-17(2,14-10-7-11-18-12-14)16-19-15(20-21-16)13-8-5-3-4-6-9-13/h13-14,18H,3-12H2,1-2H3. The predicted octanol–water partition coefficient (Wildman–Crippen LogP) is 3.78. The molecule has 0 aromatic carbocycles. The first-order chi connectivity index (χ1) is 10.2. The molecule has 3 rings (SSSR count). The van der Waals surface area contributed by atoms with Crippen molar-refractivity contribution in [2.45, 2.75) is 76.5 Å². The van der Waals surface area contributed by atoms with Gasteiger partial charge >= 0.3 is 0 Å². The molecule has 1 saturated carbocycles. The van der Waals surface area contributed by atoms with Gasteiger partial charge in [-0.15, -0.1) is 0 Å². The molecule has 0 spiro atoms. The van der Waals surface area contributed by atoms with Crippen LogP contribution < -0.4 is 5.32 Å². The minimum absolute atomic E-state index is 0.0244. The summed E-state index contributed by atoms with van der Waals surface area (Å²) >= 11 is 0. The Morgan fingerprint density at radius 3 is 2.48 bits per heavy atom. The molecule has 2 heterocycles. The van der Waals surface area contributed by atoms with Gasteiger partial charge in [-0.25, -0.2) is 0 Å². The molecule has 0 bridgehead atoms. The molecule has 0 amide bonds. The molecule has 1 aromatic heterocycles. The largest absolute Gasteiger partial charge is 0.339 e. The van der Waals surface area contributed by atoms with Gasteiger partial charge in [0.25, 0.3) is 0 Å². The van der Waals surface area contributed by atoms with Crippen LogP contribution >= 0.6 is 0 Å². The van der Waals surface area contributed by atoms with Crippen LogP contribution in [0.3, 0.4) is 0 Å². The van der Waals surface area contributed by atoms with Gasteiger partial charge in [-0.3, -0.25) is 0 Å². The Morgan fingerprint density at radius 1 is 1.05 bits per heavy atom. The van der Waals surface area contributed by atoms with Crippen molar-refractivity contribution in [2.75, 3.05) is 13.1 Å². The first-order valence-corrected chi connectivity index (χ1v) is 8.72. The Morgan fingerprint density at radius 2 is 1.81 bits per heavy atom. The van der Waals surface area contributed by atoms with E-state index < -0.39 is 0 Å². The number of hydrogen-bond acceptors (Lipinski definition) is 4. The molecule has 118 valence electrons. The van der Waals surface area contributed by atoms with Gasteiger partial charge in [-0.05, 0) is 44.7 Å². The molecular formula is C17H29N3O. The van der Waals surface area contributed by atoms with Crippen molar-refractivity contribution in [3.8, 4) is 0 Å². The second kappa shape index (κ2) is 6.47. The van der Waals surface area contributed by atoms with E-state index in [4.69, 9.17) is 9.51 Å². The lowest BCUT2D eigenvalue weighted by Crippen LogP contribution is -2.41. The van der Waals surface area contributed by atoms with E-state index >= 15 is 0 Å². The second-order valence-corrected chi connectivity index (χ2v) is 7.41. The minimum Gasteiger partial charge on any atom is -0.339 e. The lowest BCUT2D eigenvalue weighted by molar-refractivity contribution is 0.196. The molecule has 2 fully saturated rings. The summed E-state index contributed by atoms with van der Waals surface area (Å²) in [6, 6.07) is 0. The monoisotopic (exact) mass is 291 g/mol. The van der Waals surface area contributed by atoms with Gasteiger partial charge in [0.15, 0.2) is 5.82 Å². The lowest BCUT2D eigenvalue weighted by Gasteiger charge is -2.34. The fourth-order valence-electron chi connectivity index (χ4n) is 3.84. The Labute approximate surface area is 128 Å². The van der Waals surface area contributed by atoms with Gasteiger partial charge < -0.3 is 9.84 Å². The summed E-state index contributed by atoms with van der Waals surface area (Å²) in [7, 11) is 0. The molecule has 21 heavy (non-hydrogen) atoms. The minimum atomic E-state index is -0.0244. The molecule has 1 N–H and O–H groups in total. The highest BCUT2D eigenvalue weighted by Gasteiger charge is 2.37. The summed E-state index contributed by atoms with van der Waals surface area (Å²) in [6.07, 6.45) is 10.3. The van der Waals surface area contributed by atoms with Crippen molar-refractivity contribution in [3.63, 3.8) is 0 Å². The third-order valence-electron chi connectivity index (χ3n) is 5.53. The van der Waals surface area contributed by atoms with Gasteiger partial charge in [0.05, 0.1) is 0 Å². The first-order valence-electron chi connectivity index (χ1n) is 8.72. The average Bonchev–Trinajstić information content (AvgIpc) is 2.85. The van der Waals surface area contributed by atoms with Crippen LogP contribution in [0.15, 0.2) is 4.52 Å². The van der Waals surface area contributed by atoms with Crippen LogP contribution in [0.5, 0.6) is 0 Å². The fraction of sp³-hybridized carbons (Fsp3) is 0.882. The molecule has 4 nitrogen and oxygen atoms in total. The van der Waals surface area contributed by atoms with Gasteiger partial charge in [0, 0.05) is 11.3 Å². The summed E-state index contributed by atoms with van der Waals surface area (Å²) in [6.45, 7) is 6.72. The number of nitrogens with one attached hydrogen (secondary N) is 1. The Balaban J connectivity index is 1.73. The molecule has 1 aromatic rings. The van der Waals surface area contributed by atoms with Crippen molar-refractivity contribution in [2.24, 2.45) is 5.92 Å². The quantitative estimate of drug-likeness (QED) is 0.861. The van der Waals surface area contributed by atoms with Gasteiger partial charge in [0.1, 0.15) is 0 Å². The number of nitrogens with zero attached hydrogens (tertiary/aromatic N) is 2. The highest BCUT2D eigenvalue weighted by atomic mass is 16.5. The molecule has 1 aliphatic carbocycles. The third-order valence-corrected chi connectivity index (χ3v) is 5.53. The summed E-state index contributed by atoms with van der Waals surface area (Å²) in [5, 5.41) is 7.84. The van der Waals surface area contributed by atoms with Gasteiger partial charge in [-0.2, -0.15) is 4.98 Å². The SMILES string of the molecule is CC(C)(c1nc(C2CCCCCC2)no1)C1CCCNC1. The van der Waals surface area contributed by atoms with Crippen molar-refractivity contribution in [1.29, 1.82) is 0 Å².